The Bertz CT molecular complexity index is 983. The number of pyridine rings is 1. The predicted octanol–water partition coefficient (Wildman–Crippen LogP) is 4.75. The van der Waals surface area contributed by atoms with Crippen molar-refractivity contribution in [2.45, 2.75) is 0 Å². The molecule has 0 aliphatic heterocycles. The fraction of sp³-hybridized carbons (Fsp3) is 0.0625. The molecule has 0 spiro atoms. The Labute approximate surface area is 146 Å². The van der Waals surface area contributed by atoms with Gasteiger partial charge in [-0.25, -0.2) is 0 Å². The number of nitrogens with two attached hydrogens (primary N) is 1. The summed E-state index contributed by atoms with van der Waals surface area (Å²) in [5.41, 5.74) is 7.28. The zero-order valence-corrected chi connectivity index (χ0v) is 14.2. The lowest BCUT2D eigenvalue weighted by Gasteiger charge is -2.14. The van der Waals surface area contributed by atoms with Crippen LogP contribution in [0.25, 0.3) is 22.0 Å². The minimum Gasteiger partial charge on any atom is -0.496 e. The quantitative estimate of drug-likeness (QED) is 0.685. The van der Waals surface area contributed by atoms with Gasteiger partial charge in [0.05, 0.1) is 22.7 Å². The lowest BCUT2D eigenvalue weighted by Crippen LogP contribution is -2.13. The summed E-state index contributed by atoms with van der Waals surface area (Å²) in [6, 6.07) is 8.33. The van der Waals surface area contributed by atoms with E-state index in [1.807, 2.05) is 0 Å². The standard InChI is InChI=1S/C16H11Cl3N2O2/c1-23-13-3-2-7(17)4-9(13)14-8-5-10(18)11(19)6-12(8)21-16(22)15(14)20/h2-6H,20H2,1H3,(H,21,22). The van der Waals surface area contributed by atoms with Gasteiger partial charge in [-0.1, -0.05) is 34.8 Å². The molecule has 0 bridgehead atoms. The van der Waals surface area contributed by atoms with E-state index in [2.05, 4.69) is 4.98 Å². The van der Waals surface area contributed by atoms with Crippen LogP contribution >= 0.6 is 34.8 Å². The van der Waals surface area contributed by atoms with E-state index in [4.69, 9.17) is 45.3 Å². The molecule has 0 unspecified atom stereocenters. The minimum absolute atomic E-state index is 0.0523. The molecule has 0 atom stereocenters. The minimum atomic E-state index is -0.423. The van der Waals surface area contributed by atoms with Crippen LogP contribution in [0.3, 0.4) is 0 Å². The van der Waals surface area contributed by atoms with E-state index < -0.39 is 5.56 Å². The summed E-state index contributed by atoms with van der Waals surface area (Å²) in [6.45, 7) is 0. The van der Waals surface area contributed by atoms with Gasteiger partial charge in [-0.2, -0.15) is 0 Å². The van der Waals surface area contributed by atoms with Gasteiger partial charge >= 0.3 is 0 Å². The van der Waals surface area contributed by atoms with Gasteiger partial charge in [0.25, 0.3) is 5.56 Å². The Morgan fingerprint density at radius 1 is 1.09 bits per heavy atom. The number of methoxy groups -OCH3 is 1. The van der Waals surface area contributed by atoms with Gasteiger partial charge in [0.2, 0.25) is 0 Å². The first-order chi connectivity index (χ1) is 10.9. The molecule has 4 nitrogen and oxygen atoms in total. The molecule has 2 aromatic carbocycles. The predicted molar refractivity (Wildman–Crippen MR) is 96.0 cm³/mol. The molecule has 0 saturated heterocycles. The van der Waals surface area contributed by atoms with Crippen LogP contribution in [-0.4, -0.2) is 12.1 Å². The van der Waals surface area contributed by atoms with Gasteiger partial charge in [-0.15, -0.1) is 0 Å². The summed E-state index contributed by atoms with van der Waals surface area (Å²) >= 11 is 18.2. The third-order valence-corrected chi connectivity index (χ3v) is 4.48. The van der Waals surface area contributed by atoms with Crippen LogP contribution in [0.2, 0.25) is 15.1 Å². The fourth-order valence-corrected chi connectivity index (χ4v) is 2.97. The Balaban J connectivity index is 2.50. The maximum absolute atomic E-state index is 12.2. The molecule has 3 aromatic rings. The third kappa shape index (κ3) is 2.74. The molecule has 0 aliphatic carbocycles. The first-order valence-electron chi connectivity index (χ1n) is 6.56. The van der Waals surface area contributed by atoms with Gasteiger partial charge in [-0.3, -0.25) is 4.79 Å². The number of aromatic amines is 1. The molecule has 3 rings (SSSR count). The lowest BCUT2D eigenvalue weighted by molar-refractivity contribution is 0.416. The zero-order valence-electron chi connectivity index (χ0n) is 11.9. The Morgan fingerprint density at radius 2 is 1.78 bits per heavy atom. The smallest absolute Gasteiger partial charge is 0.272 e. The number of anilines is 1. The average Bonchev–Trinajstić information content (AvgIpc) is 2.51. The highest BCUT2D eigenvalue weighted by molar-refractivity contribution is 6.43. The average molecular weight is 370 g/mol. The van der Waals surface area contributed by atoms with Crippen molar-refractivity contribution in [2.24, 2.45) is 0 Å². The summed E-state index contributed by atoms with van der Waals surface area (Å²) in [6.07, 6.45) is 0. The van der Waals surface area contributed by atoms with Crippen molar-refractivity contribution < 1.29 is 4.74 Å². The number of hydrogen-bond donors (Lipinski definition) is 2. The first-order valence-corrected chi connectivity index (χ1v) is 7.70. The summed E-state index contributed by atoms with van der Waals surface area (Å²) in [7, 11) is 1.53. The van der Waals surface area contributed by atoms with Gasteiger partial charge in [0, 0.05) is 21.5 Å². The van der Waals surface area contributed by atoms with Crippen LogP contribution in [0.5, 0.6) is 5.75 Å². The highest BCUT2D eigenvalue weighted by Gasteiger charge is 2.17. The summed E-state index contributed by atoms with van der Waals surface area (Å²) in [5, 5.41) is 1.84. The number of benzene rings is 2. The number of H-pyrrole nitrogens is 1. The Hall–Kier alpha value is -1.88. The van der Waals surface area contributed by atoms with Crippen LogP contribution in [-0.2, 0) is 0 Å². The second-order valence-electron chi connectivity index (χ2n) is 4.90. The molecule has 23 heavy (non-hydrogen) atoms. The number of nitrogens with one attached hydrogen (secondary N) is 1. The normalized spacial score (nSPS) is 11.0. The second-order valence-corrected chi connectivity index (χ2v) is 6.15. The molecule has 0 fully saturated rings. The van der Waals surface area contributed by atoms with E-state index in [-0.39, 0.29) is 5.69 Å². The van der Waals surface area contributed by atoms with Gasteiger partial charge < -0.3 is 15.5 Å². The largest absolute Gasteiger partial charge is 0.496 e. The van der Waals surface area contributed by atoms with E-state index in [1.54, 1.807) is 30.3 Å². The summed E-state index contributed by atoms with van der Waals surface area (Å²) < 4.78 is 5.37. The van der Waals surface area contributed by atoms with Crippen molar-refractivity contribution in [2.75, 3.05) is 12.8 Å². The molecule has 0 saturated carbocycles. The van der Waals surface area contributed by atoms with Crippen LogP contribution in [0.1, 0.15) is 0 Å². The van der Waals surface area contributed by atoms with Gasteiger partial charge in [0.1, 0.15) is 11.4 Å². The molecule has 1 heterocycles. The monoisotopic (exact) mass is 368 g/mol. The molecule has 1 aromatic heterocycles. The van der Waals surface area contributed by atoms with Crippen LogP contribution in [0.15, 0.2) is 35.1 Å². The number of aromatic nitrogens is 1. The van der Waals surface area contributed by atoms with Gasteiger partial charge in [-0.05, 0) is 30.3 Å². The van der Waals surface area contributed by atoms with Crippen molar-refractivity contribution in [3.05, 3.63) is 55.8 Å². The zero-order chi connectivity index (χ0) is 16.7. The number of nitrogen functional groups attached to an aromatic ring is 1. The number of ether oxygens (including phenoxy) is 1. The molecule has 0 amide bonds. The molecule has 118 valence electrons. The van der Waals surface area contributed by atoms with Crippen molar-refractivity contribution in [3.8, 4) is 16.9 Å². The van der Waals surface area contributed by atoms with Crippen molar-refractivity contribution in [3.63, 3.8) is 0 Å². The van der Waals surface area contributed by atoms with E-state index >= 15 is 0 Å². The van der Waals surface area contributed by atoms with Crippen LogP contribution < -0.4 is 16.0 Å². The molecular weight excluding hydrogens is 359 g/mol. The SMILES string of the molecule is COc1ccc(Cl)cc1-c1c(N)c(=O)[nH]c2cc(Cl)c(Cl)cc12. The van der Waals surface area contributed by atoms with Gasteiger partial charge in [0.15, 0.2) is 0 Å². The molecule has 0 aliphatic rings. The van der Waals surface area contributed by atoms with Crippen molar-refractivity contribution >= 4 is 51.4 Å². The molecule has 0 radical (unpaired) electrons. The maximum atomic E-state index is 12.2. The highest BCUT2D eigenvalue weighted by atomic mass is 35.5. The fourth-order valence-electron chi connectivity index (χ4n) is 2.47. The van der Waals surface area contributed by atoms with E-state index in [1.165, 1.54) is 7.11 Å². The number of rotatable bonds is 2. The second kappa shape index (κ2) is 5.96. The van der Waals surface area contributed by atoms with Crippen LogP contribution in [0.4, 0.5) is 5.69 Å². The molecule has 3 N–H and O–H groups in total. The molecule has 7 heteroatoms. The summed E-state index contributed by atoms with van der Waals surface area (Å²) in [5.74, 6) is 0.541. The van der Waals surface area contributed by atoms with E-state index in [0.29, 0.717) is 42.8 Å². The van der Waals surface area contributed by atoms with Crippen molar-refractivity contribution in [1.82, 2.24) is 4.98 Å². The Morgan fingerprint density at radius 3 is 2.48 bits per heavy atom. The van der Waals surface area contributed by atoms with E-state index in [9.17, 15) is 4.79 Å². The van der Waals surface area contributed by atoms with Crippen molar-refractivity contribution in [1.29, 1.82) is 0 Å². The molecular formula is C16H11Cl3N2O2. The number of fused-ring (bicyclic) bond motifs is 1. The van der Waals surface area contributed by atoms with E-state index in [0.717, 1.165) is 0 Å². The number of halogens is 3. The van der Waals surface area contributed by atoms with Crippen LogP contribution in [0, 0.1) is 0 Å². The summed E-state index contributed by atoms with van der Waals surface area (Å²) in [4.78, 5) is 14.9. The lowest BCUT2D eigenvalue weighted by atomic mass is 9.98. The Kier molecular flexibility index (Phi) is 4.15. The maximum Gasteiger partial charge on any atom is 0.272 e. The number of hydrogen-bond acceptors (Lipinski definition) is 3. The first kappa shape index (κ1) is 16.0. The topological polar surface area (TPSA) is 68.1 Å². The highest BCUT2D eigenvalue weighted by Crippen LogP contribution is 2.40. The third-order valence-electron chi connectivity index (χ3n) is 3.52.